The zero-order chi connectivity index (χ0) is 25.2. The van der Waals surface area contributed by atoms with Gasteiger partial charge in [-0.2, -0.15) is 0 Å². The molecule has 3 heterocycles. The number of piperidine rings is 1. The lowest BCUT2D eigenvalue weighted by Gasteiger charge is -2.61. The lowest BCUT2D eigenvalue weighted by molar-refractivity contribution is -0.144. The van der Waals surface area contributed by atoms with Gasteiger partial charge in [0.2, 0.25) is 0 Å². The average Bonchev–Trinajstić information content (AvgIpc) is 2.87. The first kappa shape index (κ1) is 25.2. The summed E-state index contributed by atoms with van der Waals surface area (Å²) in [6, 6.07) is 9.74. The summed E-state index contributed by atoms with van der Waals surface area (Å²) in [6.45, 7) is 5.81. The van der Waals surface area contributed by atoms with Crippen LogP contribution >= 0.6 is 11.6 Å². The van der Waals surface area contributed by atoms with Gasteiger partial charge in [-0.25, -0.2) is 14.0 Å². The number of benzene rings is 1. The third-order valence-corrected chi connectivity index (χ3v) is 7.86. The molecule has 0 radical (unpaired) electrons. The number of urea groups is 1. The number of hydrogen-bond acceptors (Lipinski definition) is 5. The quantitative estimate of drug-likeness (QED) is 0.573. The molecule has 1 aromatic carbocycles. The smallest absolute Gasteiger partial charge is 0.328 e. The van der Waals surface area contributed by atoms with Crippen molar-refractivity contribution in [2.45, 2.75) is 45.2 Å². The molecule has 2 saturated heterocycles. The van der Waals surface area contributed by atoms with Gasteiger partial charge in [-0.05, 0) is 49.1 Å². The Labute approximate surface area is 210 Å². The monoisotopic (exact) mass is 502 g/mol. The Morgan fingerprint density at radius 3 is 2.63 bits per heavy atom. The molecule has 2 amide bonds. The normalized spacial score (nSPS) is 20.7. The van der Waals surface area contributed by atoms with Crippen LogP contribution < -0.4 is 10.2 Å². The van der Waals surface area contributed by atoms with E-state index in [-0.39, 0.29) is 28.4 Å². The number of pyridine rings is 1. The number of ether oxygens (including phenoxy) is 1. The highest BCUT2D eigenvalue weighted by atomic mass is 35.5. The van der Waals surface area contributed by atoms with Crippen LogP contribution in [0.25, 0.3) is 0 Å². The minimum absolute atomic E-state index is 0.00151. The average molecular weight is 503 g/mol. The van der Waals surface area contributed by atoms with E-state index in [0.29, 0.717) is 13.1 Å². The summed E-state index contributed by atoms with van der Waals surface area (Å²) in [6.07, 6.45) is 4.11. The first-order valence-corrected chi connectivity index (χ1v) is 12.4. The Balaban J connectivity index is 1.49. The minimum Gasteiger partial charge on any atom is -0.467 e. The molecule has 3 atom stereocenters. The van der Waals surface area contributed by atoms with Gasteiger partial charge in [0.25, 0.3) is 0 Å². The van der Waals surface area contributed by atoms with Gasteiger partial charge in [0, 0.05) is 36.9 Å². The summed E-state index contributed by atoms with van der Waals surface area (Å²) in [7, 11) is 1.34. The van der Waals surface area contributed by atoms with Crippen molar-refractivity contribution in [3.63, 3.8) is 0 Å². The van der Waals surface area contributed by atoms with Crippen molar-refractivity contribution in [1.29, 1.82) is 0 Å². The second-order valence-corrected chi connectivity index (χ2v) is 9.98. The molecule has 2 unspecified atom stereocenters. The van der Waals surface area contributed by atoms with E-state index in [0.717, 1.165) is 37.2 Å². The Morgan fingerprint density at radius 1 is 1.29 bits per heavy atom. The summed E-state index contributed by atoms with van der Waals surface area (Å²) in [5.41, 5.74) is 1.73. The number of nitrogens with zero attached hydrogens (tertiary/aromatic N) is 3. The first-order chi connectivity index (χ1) is 16.8. The topological polar surface area (TPSA) is 74.8 Å². The van der Waals surface area contributed by atoms with Crippen LogP contribution in [0.15, 0.2) is 42.6 Å². The van der Waals surface area contributed by atoms with E-state index in [1.807, 2.05) is 32.0 Å². The fraction of sp³-hybridized carbons (Fsp3) is 0.500. The molecule has 2 aromatic rings. The van der Waals surface area contributed by atoms with Gasteiger partial charge in [-0.1, -0.05) is 37.9 Å². The number of nitrogens with one attached hydrogen (secondary N) is 1. The third-order valence-electron chi connectivity index (χ3n) is 7.57. The number of esters is 1. The second kappa shape index (κ2) is 10.4. The van der Waals surface area contributed by atoms with Crippen LogP contribution in [0.3, 0.4) is 0 Å². The number of aromatic nitrogens is 1. The van der Waals surface area contributed by atoms with Gasteiger partial charge in [-0.3, -0.25) is 4.98 Å². The molecule has 1 spiro atoms. The van der Waals surface area contributed by atoms with E-state index in [1.54, 1.807) is 23.2 Å². The van der Waals surface area contributed by atoms with Crippen LogP contribution in [0.4, 0.5) is 14.9 Å². The maximum Gasteiger partial charge on any atom is 0.328 e. The van der Waals surface area contributed by atoms with E-state index in [9.17, 15) is 14.0 Å². The van der Waals surface area contributed by atoms with Crippen molar-refractivity contribution in [2.24, 2.45) is 11.3 Å². The van der Waals surface area contributed by atoms with E-state index < -0.39 is 17.8 Å². The summed E-state index contributed by atoms with van der Waals surface area (Å²) in [5, 5.41) is 2.97. The maximum atomic E-state index is 13.8. The predicted octanol–water partition coefficient (Wildman–Crippen LogP) is 4.81. The minimum atomic E-state index is -0.669. The van der Waals surface area contributed by atoms with Gasteiger partial charge < -0.3 is 19.9 Å². The van der Waals surface area contributed by atoms with E-state index in [4.69, 9.17) is 16.3 Å². The fourth-order valence-electron chi connectivity index (χ4n) is 5.26. The van der Waals surface area contributed by atoms with E-state index in [2.05, 4.69) is 15.2 Å². The Hall–Kier alpha value is -2.87. The summed E-state index contributed by atoms with van der Waals surface area (Å²) >= 11 is 6.07. The summed E-state index contributed by atoms with van der Waals surface area (Å²) in [4.78, 5) is 33.8. The van der Waals surface area contributed by atoms with Crippen LogP contribution in [-0.2, 0) is 9.53 Å². The Morgan fingerprint density at radius 2 is 2.03 bits per heavy atom. The van der Waals surface area contributed by atoms with Crippen molar-refractivity contribution < 1.29 is 18.7 Å². The van der Waals surface area contributed by atoms with E-state index in [1.165, 1.54) is 13.2 Å². The van der Waals surface area contributed by atoms with Gasteiger partial charge in [0.05, 0.1) is 23.9 Å². The zero-order valence-corrected chi connectivity index (χ0v) is 21.1. The van der Waals surface area contributed by atoms with Gasteiger partial charge in [-0.15, -0.1) is 0 Å². The Kier molecular flexibility index (Phi) is 7.50. The van der Waals surface area contributed by atoms with Crippen LogP contribution in [0.5, 0.6) is 0 Å². The molecule has 35 heavy (non-hydrogen) atoms. The van der Waals surface area contributed by atoms with Crippen molar-refractivity contribution in [3.8, 4) is 0 Å². The molecule has 0 aliphatic carbocycles. The summed E-state index contributed by atoms with van der Waals surface area (Å²) in [5.74, 6) is -0.898. The number of hydrogen-bond donors (Lipinski definition) is 1. The number of carbonyl (C=O) groups is 2. The number of amides is 2. The molecular weight excluding hydrogens is 471 g/mol. The van der Waals surface area contributed by atoms with Crippen LogP contribution in [0.1, 0.15) is 44.8 Å². The number of anilines is 1. The molecule has 188 valence electrons. The third kappa shape index (κ3) is 4.94. The molecule has 2 fully saturated rings. The predicted molar refractivity (Wildman–Crippen MR) is 133 cm³/mol. The molecule has 1 aromatic heterocycles. The van der Waals surface area contributed by atoms with Crippen LogP contribution in [0.2, 0.25) is 5.02 Å². The second-order valence-electron chi connectivity index (χ2n) is 9.57. The summed E-state index contributed by atoms with van der Waals surface area (Å²) < 4.78 is 18.7. The van der Waals surface area contributed by atoms with Crippen molar-refractivity contribution in [1.82, 2.24) is 15.2 Å². The Bertz CT molecular complexity index is 1060. The lowest BCUT2D eigenvalue weighted by atomic mass is 9.64. The molecule has 7 nitrogen and oxygen atoms in total. The van der Waals surface area contributed by atoms with Gasteiger partial charge in [0.15, 0.2) is 0 Å². The van der Waals surface area contributed by atoms with Gasteiger partial charge in [0.1, 0.15) is 11.9 Å². The highest BCUT2D eigenvalue weighted by Crippen LogP contribution is 2.56. The number of halogens is 2. The molecule has 0 bridgehead atoms. The maximum absolute atomic E-state index is 13.8. The van der Waals surface area contributed by atoms with Crippen LogP contribution in [-0.4, -0.2) is 54.7 Å². The highest BCUT2D eigenvalue weighted by molar-refractivity contribution is 6.31. The molecule has 4 rings (SSSR count). The van der Waals surface area contributed by atoms with Crippen LogP contribution in [0, 0.1) is 17.2 Å². The number of methoxy groups -OCH3 is 1. The standard InChI is InChI=1S/C26H32ClFN4O3/c1-4-17(2)22(24(33)35-3)30-25(34)31-13-10-26(11-14-31)16-32(18-8-9-20(28)19(27)15-18)23(26)21-7-5-6-12-29-21/h5-9,12,15,17,22-23H,4,10-11,13-14,16H2,1-3H3,(H,30,34)/t17?,22-,23?/m0/s1. The van der Waals surface area contributed by atoms with Gasteiger partial charge >= 0.3 is 12.0 Å². The first-order valence-electron chi connectivity index (χ1n) is 12.1. The molecule has 9 heteroatoms. The molecule has 2 aliphatic heterocycles. The molecular formula is C26H32ClFN4O3. The number of carbonyl (C=O) groups excluding carboxylic acids is 2. The zero-order valence-electron chi connectivity index (χ0n) is 20.3. The van der Waals surface area contributed by atoms with Crippen molar-refractivity contribution >= 4 is 29.3 Å². The SMILES string of the molecule is CCC(C)[C@H](NC(=O)N1CCC2(CC1)CN(c1ccc(F)c(Cl)c1)C2c1ccccn1)C(=O)OC. The number of rotatable bonds is 6. The lowest BCUT2D eigenvalue weighted by Crippen LogP contribution is -2.64. The molecule has 1 N–H and O–H groups in total. The van der Waals surface area contributed by atoms with Crippen molar-refractivity contribution in [3.05, 3.63) is 59.1 Å². The molecule has 2 aliphatic rings. The highest BCUT2D eigenvalue weighted by Gasteiger charge is 2.55. The van der Waals surface area contributed by atoms with Crippen molar-refractivity contribution in [2.75, 3.05) is 31.6 Å². The molecule has 0 saturated carbocycles. The number of likely N-dealkylation sites (tertiary alicyclic amines) is 1. The largest absolute Gasteiger partial charge is 0.467 e. The van der Waals surface area contributed by atoms with E-state index >= 15 is 0 Å². The fourth-order valence-corrected chi connectivity index (χ4v) is 5.43.